The number of hydrogen-bond acceptors (Lipinski definition) is 6. The third kappa shape index (κ3) is 5.44. The van der Waals surface area contributed by atoms with E-state index in [1.54, 1.807) is 19.9 Å². The van der Waals surface area contributed by atoms with Gasteiger partial charge in [-0.15, -0.1) is 0 Å². The second-order valence-electron chi connectivity index (χ2n) is 7.17. The molecule has 0 N–H and O–H groups in total. The van der Waals surface area contributed by atoms with E-state index >= 15 is 0 Å². The lowest BCUT2D eigenvalue weighted by atomic mass is 9.93. The van der Waals surface area contributed by atoms with Crippen molar-refractivity contribution in [3.05, 3.63) is 46.1 Å². The molecule has 0 aromatic rings. The maximum atomic E-state index is 12.3. The highest BCUT2D eigenvalue weighted by Crippen LogP contribution is 2.32. The zero-order chi connectivity index (χ0) is 20.8. The van der Waals surface area contributed by atoms with Crippen molar-refractivity contribution < 1.29 is 28.6 Å². The fraction of sp³-hybridized carbons (Fsp3) is 0.500. The molecular weight excluding hydrogens is 360 g/mol. The van der Waals surface area contributed by atoms with E-state index in [1.807, 2.05) is 19.9 Å². The molecule has 6 heteroatoms. The summed E-state index contributed by atoms with van der Waals surface area (Å²) in [7, 11) is 0. The molecule has 0 aromatic heterocycles. The van der Waals surface area contributed by atoms with Crippen LogP contribution in [0, 0.1) is 0 Å². The summed E-state index contributed by atoms with van der Waals surface area (Å²) in [4.78, 5) is 35.7. The predicted octanol–water partition coefficient (Wildman–Crippen LogP) is 3.73. The Kier molecular flexibility index (Phi) is 7.38. The molecule has 28 heavy (non-hydrogen) atoms. The number of fused-ring (bicyclic) bond motifs is 1. The molecule has 1 aliphatic carbocycles. The van der Waals surface area contributed by atoms with Crippen molar-refractivity contribution in [1.82, 2.24) is 0 Å². The van der Waals surface area contributed by atoms with Gasteiger partial charge in [0, 0.05) is 18.9 Å². The zero-order valence-corrected chi connectivity index (χ0v) is 17.2. The van der Waals surface area contributed by atoms with Gasteiger partial charge in [0.15, 0.2) is 0 Å². The lowest BCUT2D eigenvalue weighted by Crippen LogP contribution is -2.22. The van der Waals surface area contributed by atoms with E-state index in [9.17, 15) is 14.4 Å². The Morgan fingerprint density at radius 3 is 2.61 bits per heavy atom. The van der Waals surface area contributed by atoms with Crippen molar-refractivity contribution >= 4 is 17.9 Å². The smallest absolute Gasteiger partial charge is 0.338 e. The van der Waals surface area contributed by atoms with Crippen molar-refractivity contribution in [2.75, 3.05) is 6.61 Å². The second kappa shape index (κ2) is 9.53. The standard InChI is InChI=1S/C22H28O6/c1-6-14(3)21(24)27-19-10-8-13(2)7-9-17-18(12-26-16(5)23)22(25)28-20(17)11-15(19)4/h6,8,11,19-20H,7,9-10,12H2,1-5H3. The molecule has 2 atom stereocenters. The normalized spacial score (nSPS) is 23.3. The van der Waals surface area contributed by atoms with Crippen LogP contribution in [0.1, 0.15) is 53.9 Å². The fourth-order valence-corrected chi connectivity index (χ4v) is 3.07. The van der Waals surface area contributed by atoms with Gasteiger partial charge in [-0.05, 0) is 57.8 Å². The molecule has 2 aliphatic rings. The lowest BCUT2D eigenvalue weighted by Gasteiger charge is -2.21. The van der Waals surface area contributed by atoms with Crippen LogP contribution in [0.15, 0.2) is 46.1 Å². The maximum absolute atomic E-state index is 12.3. The van der Waals surface area contributed by atoms with Gasteiger partial charge in [0.05, 0.1) is 5.57 Å². The molecule has 0 saturated carbocycles. The molecule has 0 aromatic carbocycles. The lowest BCUT2D eigenvalue weighted by molar-refractivity contribution is -0.144. The van der Waals surface area contributed by atoms with Gasteiger partial charge in [-0.25, -0.2) is 9.59 Å². The minimum absolute atomic E-state index is 0.0887. The summed E-state index contributed by atoms with van der Waals surface area (Å²) in [5.41, 5.74) is 3.70. The second-order valence-corrected chi connectivity index (χ2v) is 7.17. The number of allylic oxidation sites excluding steroid dienone is 2. The van der Waals surface area contributed by atoms with E-state index in [-0.39, 0.29) is 12.6 Å². The zero-order valence-electron chi connectivity index (χ0n) is 17.2. The average molecular weight is 388 g/mol. The van der Waals surface area contributed by atoms with Gasteiger partial charge in [0.1, 0.15) is 18.8 Å². The first-order chi connectivity index (χ1) is 13.2. The van der Waals surface area contributed by atoms with Crippen molar-refractivity contribution in [1.29, 1.82) is 0 Å². The van der Waals surface area contributed by atoms with Crippen LogP contribution in [-0.2, 0) is 28.6 Å². The first kappa shape index (κ1) is 21.7. The minimum atomic E-state index is -0.534. The Labute approximate surface area is 165 Å². The number of hydrogen-bond donors (Lipinski definition) is 0. The van der Waals surface area contributed by atoms with Crippen LogP contribution in [0.2, 0.25) is 0 Å². The summed E-state index contributed by atoms with van der Waals surface area (Å²) in [5, 5.41) is 0. The maximum Gasteiger partial charge on any atom is 0.338 e. The fourth-order valence-electron chi connectivity index (χ4n) is 3.07. The molecule has 0 amide bonds. The molecule has 6 nitrogen and oxygen atoms in total. The Morgan fingerprint density at radius 1 is 1.25 bits per heavy atom. The molecule has 1 heterocycles. The van der Waals surface area contributed by atoms with Gasteiger partial charge in [0.2, 0.25) is 0 Å². The van der Waals surface area contributed by atoms with Crippen LogP contribution in [0.3, 0.4) is 0 Å². The molecule has 0 bridgehead atoms. The van der Waals surface area contributed by atoms with E-state index in [0.29, 0.717) is 24.0 Å². The molecule has 0 spiro atoms. The predicted molar refractivity (Wildman–Crippen MR) is 104 cm³/mol. The number of carbonyl (C=O) groups is 3. The van der Waals surface area contributed by atoms with Crippen LogP contribution in [0.5, 0.6) is 0 Å². The molecule has 0 fully saturated rings. The van der Waals surface area contributed by atoms with E-state index < -0.39 is 24.1 Å². The first-order valence-corrected chi connectivity index (χ1v) is 9.47. The Morgan fingerprint density at radius 2 is 1.96 bits per heavy atom. The summed E-state index contributed by atoms with van der Waals surface area (Å²) in [6, 6.07) is 0. The number of esters is 3. The van der Waals surface area contributed by atoms with Crippen LogP contribution in [0.25, 0.3) is 0 Å². The monoisotopic (exact) mass is 388 g/mol. The number of rotatable bonds is 4. The van der Waals surface area contributed by atoms with Gasteiger partial charge in [-0.3, -0.25) is 4.79 Å². The third-order valence-corrected chi connectivity index (χ3v) is 5.03. The first-order valence-electron chi connectivity index (χ1n) is 9.47. The van der Waals surface area contributed by atoms with Crippen LogP contribution < -0.4 is 0 Å². The van der Waals surface area contributed by atoms with Crippen molar-refractivity contribution in [3.8, 4) is 0 Å². The van der Waals surface area contributed by atoms with Gasteiger partial charge in [0.25, 0.3) is 0 Å². The molecule has 0 radical (unpaired) electrons. The topological polar surface area (TPSA) is 78.9 Å². The average Bonchev–Trinajstić information content (AvgIpc) is 2.94. The molecule has 0 saturated heterocycles. The minimum Gasteiger partial charge on any atom is -0.461 e. The summed E-state index contributed by atoms with van der Waals surface area (Å²) in [6.45, 7) is 8.59. The van der Waals surface area contributed by atoms with Gasteiger partial charge in [-0.2, -0.15) is 0 Å². The van der Waals surface area contributed by atoms with Crippen molar-refractivity contribution in [3.63, 3.8) is 0 Å². The highest BCUT2D eigenvalue weighted by Gasteiger charge is 2.34. The van der Waals surface area contributed by atoms with Gasteiger partial charge >= 0.3 is 17.9 Å². The van der Waals surface area contributed by atoms with Gasteiger partial charge < -0.3 is 14.2 Å². The third-order valence-electron chi connectivity index (χ3n) is 5.03. The highest BCUT2D eigenvalue weighted by molar-refractivity contribution is 5.93. The summed E-state index contributed by atoms with van der Waals surface area (Å²) < 4.78 is 16.2. The van der Waals surface area contributed by atoms with Crippen LogP contribution >= 0.6 is 0 Å². The molecular formula is C22H28O6. The van der Waals surface area contributed by atoms with E-state index in [2.05, 4.69) is 6.08 Å². The largest absolute Gasteiger partial charge is 0.461 e. The van der Waals surface area contributed by atoms with E-state index in [1.165, 1.54) is 6.92 Å². The van der Waals surface area contributed by atoms with E-state index in [4.69, 9.17) is 14.2 Å². The quantitative estimate of drug-likeness (QED) is 0.316. The Balaban J connectivity index is 2.35. The summed E-state index contributed by atoms with van der Waals surface area (Å²) >= 11 is 0. The van der Waals surface area contributed by atoms with Crippen molar-refractivity contribution in [2.45, 2.75) is 66.1 Å². The van der Waals surface area contributed by atoms with Crippen LogP contribution in [-0.4, -0.2) is 36.7 Å². The molecule has 2 rings (SSSR count). The Hall–Kier alpha value is -2.63. The number of ether oxygens (including phenoxy) is 3. The SMILES string of the molecule is CC=C(C)C(=O)OC1CC=C(C)CCC2=C(COC(C)=O)C(=O)OC2C=C1C. The summed E-state index contributed by atoms with van der Waals surface area (Å²) in [6.07, 6.45) is 6.58. The van der Waals surface area contributed by atoms with E-state index in [0.717, 1.165) is 23.1 Å². The molecule has 2 unspecified atom stereocenters. The highest BCUT2D eigenvalue weighted by atomic mass is 16.6. The van der Waals surface area contributed by atoms with Crippen molar-refractivity contribution in [2.24, 2.45) is 0 Å². The van der Waals surface area contributed by atoms with Crippen LogP contribution in [0.4, 0.5) is 0 Å². The Bertz CT molecular complexity index is 781. The molecule has 152 valence electrons. The molecule has 1 aliphatic heterocycles. The summed E-state index contributed by atoms with van der Waals surface area (Å²) in [5.74, 6) is -1.28. The number of carbonyl (C=O) groups excluding carboxylic acids is 3. The van der Waals surface area contributed by atoms with Gasteiger partial charge in [-0.1, -0.05) is 17.7 Å².